The third-order valence-electron chi connectivity index (χ3n) is 4.56. The molecule has 3 atom stereocenters. The van der Waals surface area contributed by atoms with Gasteiger partial charge >= 0.3 is 5.97 Å². The van der Waals surface area contributed by atoms with Crippen molar-refractivity contribution >= 4 is 17.6 Å². The average Bonchev–Trinajstić information content (AvgIpc) is 2.53. The highest BCUT2D eigenvalue weighted by atomic mass is 16.5. The maximum atomic E-state index is 12.9. The zero-order valence-electron chi connectivity index (χ0n) is 12.7. The van der Waals surface area contributed by atoms with E-state index in [-0.39, 0.29) is 17.9 Å². The van der Waals surface area contributed by atoms with Gasteiger partial charge in [-0.25, -0.2) is 0 Å². The fourth-order valence-electron chi connectivity index (χ4n) is 3.46. The lowest BCUT2D eigenvalue weighted by molar-refractivity contribution is -0.143. The van der Waals surface area contributed by atoms with E-state index in [1.807, 2.05) is 31.2 Å². The number of carbonyl (C=O) groups is 2. The standard InChI is InChI=1S/C17H21NO4/c1-11-10-18(14-7-2-3-8-15(14)22-11)16(19)12-5-4-6-13(9-12)17(20)21/h2-3,7-8,11-13H,4-6,9-10H2,1H3,(H,20,21). The van der Waals surface area contributed by atoms with Crippen LogP contribution in [0.15, 0.2) is 24.3 Å². The summed E-state index contributed by atoms with van der Waals surface area (Å²) in [4.78, 5) is 25.9. The van der Waals surface area contributed by atoms with Crippen molar-refractivity contribution in [3.05, 3.63) is 24.3 Å². The minimum atomic E-state index is -0.784. The molecule has 118 valence electrons. The third kappa shape index (κ3) is 2.80. The first kappa shape index (κ1) is 14.9. The Hall–Kier alpha value is -2.04. The van der Waals surface area contributed by atoms with E-state index >= 15 is 0 Å². The Morgan fingerprint density at radius 1 is 1.23 bits per heavy atom. The summed E-state index contributed by atoms with van der Waals surface area (Å²) in [6.07, 6.45) is 2.64. The summed E-state index contributed by atoms with van der Waals surface area (Å²) in [7, 11) is 0. The molecule has 3 unspecified atom stereocenters. The van der Waals surface area contributed by atoms with Gasteiger partial charge in [0, 0.05) is 5.92 Å². The van der Waals surface area contributed by atoms with E-state index in [1.54, 1.807) is 4.90 Å². The second kappa shape index (κ2) is 5.99. The normalized spacial score (nSPS) is 27.7. The molecule has 5 nitrogen and oxygen atoms in total. The molecule has 1 fully saturated rings. The van der Waals surface area contributed by atoms with Gasteiger partial charge in [0.25, 0.3) is 0 Å². The molecule has 1 aromatic rings. The third-order valence-corrected chi connectivity index (χ3v) is 4.56. The van der Waals surface area contributed by atoms with Crippen LogP contribution in [0.3, 0.4) is 0 Å². The molecule has 0 spiro atoms. The van der Waals surface area contributed by atoms with Crippen LogP contribution in [0.4, 0.5) is 5.69 Å². The number of hydrogen-bond acceptors (Lipinski definition) is 3. The quantitative estimate of drug-likeness (QED) is 0.912. The molecule has 1 N–H and O–H groups in total. The number of carbonyl (C=O) groups excluding carboxylic acids is 1. The smallest absolute Gasteiger partial charge is 0.306 e. The van der Waals surface area contributed by atoms with Crippen LogP contribution in [-0.2, 0) is 9.59 Å². The number of amides is 1. The Morgan fingerprint density at radius 2 is 1.95 bits per heavy atom. The summed E-state index contributed by atoms with van der Waals surface area (Å²) < 4.78 is 5.77. The fraction of sp³-hybridized carbons (Fsp3) is 0.529. The Kier molecular flexibility index (Phi) is 4.05. The van der Waals surface area contributed by atoms with Gasteiger partial charge < -0.3 is 14.7 Å². The molecule has 0 radical (unpaired) electrons. The summed E-state index contributed by atoms with van der Waals surface area (Å²) in [5.41, 5.74) is 0.794. The fourth-order valence-corrected chi connectivity index (χ4v) is 3.46. The molecular weight excluding hydrogens is 282 g/mol. The summed E-state index contributed by atoms with van der Waals surface area (Å²) in [6.45, 7) is 2.46. The van der Waals surface area contributed by atoms with Crippen molar-refractivity contribution in [1.29, 1.82) is 0 Å². The van der Waals surface area contributed by atoms with Gasteiger partial charge in [-0.2, -0.15) is 0 Å². The first-order valence-electron chi connectivity index (χ1n) is 7.86. The molecular formula is C17H21NO4. The van der Waals surface area contributed by atoms with Crippen molar-refractivity contribution in [3.63, 3.8) is 0 Å². The zero-order valence-corrected chi connectivity index (χ0v) is 12.7. The first-order valence-corrected chi connectivity index (χ1v) is 7.86. The number of para-hydroxylation sites is 2. The molecule has 3 rings (SSSR count). The Balaban J connectivity index is 1.81. The lowest BCUT2D eigenvalue weighted by Gasteiger charge is -2.37. The van der Waals surface area contributed by atoms with Gasteiger partial charge in [0.2, 0.25) is 5.91 Å². The second-order valence-electron chi connectivity index (χ2n) is 6.24. The molecule has 1 aromatic carbocycles. The number of fused-ring (bicyclic) bond motifs is 1. The summed E-state index contributed by atoms with van der Waals surface area (Å²) >= 11 is 0. The molecule has 1 aliphatic heterocycles. The van der Waals surface area contributed by atoms with Crippen LogP contribution in [-0.4, -0.2) is 29.6 Å². The SMILES string of the molecule is CC1CN(C(=O)C2CCCC(C(=O)O)C2)c2ccccc2O1. The predicted octanol–water partition coefficient (Wildman–Crippen LogP) is 2.69. The van der Waals surface area contributed by atoms with Crippen LogP contribution >= 0.6 is 0 Å². The Labute approximate surface area is 129 Å². The summed E-state index contributed by atoms with van der Waals surface area (Å²) in [5, 5.41) is 9.20. The van der Waals surface area contributed by atoms with Crippen LogP contribution in [0.1, 0.15) is 32.6 Å². The van der Waals surface area contributed by atoms with Gasteiger partial charge in [-0.15, -0.1) is 0 Å². The maximum absolute atomic E-state index is 12.9. The van der Waals surface area contributed by atoms with Crippen molar-refractivity contribution in [2.75, 3.05) is 11.4 Å². The van der Waals surface area contributed by atoms with Gasteiger partial charge in [0.05, 0.1) is 18.2 Å². The van der Waals surface area contributed by atoms with Crippen LogP contribution < -0.4 is 9.64 Å². The van der Waals surface area contributed by atoms with Crippen LogP contribution in [0.25, 0.3) is 0 Å². The average molecular weight is 303 g/mol. The summed E-state index contributed by atoms with van der Waals surface area (Å²) in [6, 6.07) is 7.53. The number of benzene rings is 1. The van der Waals surface area contributed by atoms with E-state index in [2.05, 4.69) is 0 Å². The van der Waals surface area contributed by atoms with E-state index in [9.17, 15) is 14.7 Å². The highest BCUT2D eigenvalue weighted by molar-refractivity contribution is 5.97. The van der Waals surface area contributed by atoms with Gasteiger partial charge in [0.1, 0.15) is 11.9 Å². The molecule has 1 amide bonds. The van der Waals surface area contributed by atoms with Crippen LogP contribution in [0.5, 0.6) is 5.75 Å². The Morgan fingerprint density at radius 3 is 2.73 bits per heavy atom. The van der Waals surface area contributed by atoms with Crippen molar-refractivity contribution in [2.24, 2.45) is 11.8 Å². The monoisotopic (exact) mass is 303 g/mol. The number of carboxylic acids is 1. The molecule has 2 aliphatic rings. The molecule has 1 saturated carbocycles. The van der Waals surface area contributed by atoms with Crippen molar-refractivity contribution in [2.45, 2.75) is 38.7 Å². The van der Waals surface area contributed by atoms with E-state index in [1.165, 1.54) is 0 Å². The Bertz CT molecular complexity index is 586. The lowest BCUT2D eigenvalue weighted by Crippen LogP contribution is -2.46. The van der Waals surface area contributed by atoms with Gasteiger partial charge in [-0.05, 0) is 38.3 Å². The molecule has 22 heavy (non-hydrogen) atoms. The van der Waals surface area contributed by atoms with Crippen LogP contribution in [0, 0.1) is 11.8 Å². The number of anilines is 1. The highest BCUT2D eigenvalue weighted by Gasteiger charge is 2.36. The minimum Gasteiger partial charge on any atom is -0.487 e. The molecule has 5 heteroatoms. The number of aliphatic carboxylic acids is 1. The number of rotatable bonds is 2. The summed E-state index contributed by atoms with van der Waals surface area (Å²) in [5.74, 6) is -0.619. The maximum Gasteiger partial charge on any atom is 0.306 e. The lowest BCUT2D eigenvalue weighted by atomic mass is 9.80. The van der Waals surface area contributed by atoms with Gasteiger partial charge in [0.15, 0.2) is 0 Å². The first-order chi connectivity index (χ1) is 10.6. The van der Waals surface area contributed by atoms with Crippen molar-refractivity contribution in [3.8, 4) is 5.75 Å². The van der Waals surface area contributed by atoms with E-state index in [4.69, 9.17) is 4.74 Å². The minimum absolute atomic E-state index is 0.0357. The van der Waals surface area contributed by atoms with E-state index < -0.39 is 11.9 Å². The molecule has 1 aliphatic carbocycles. The molecule has 0 aromatic heterocycles. The van der Waals surface area contributed by atoms with Crippen LogP contribution in [0.2, 0.25) is 0 Å². The van der Waals surface area contributed by atoms with Crippen molar-refractivity contribution in [1.82, 2.24) is 0 Å². The van der Waals surface area contributed by atoms with Gasteiger partial charge in [-0.3, -0.25) is 9.59 Å². The number of ether oxygens (including phenoxy) is 1. The molecule has 0 saturated heterocycles. The number of carboxylic acid groups (broad SMARTS) is 1. The van der Waals surface area contributed by atoms with Gasteiger partial charge in [-0.1, -0.05) is 18.6 Å². The van der Waals surface area contributed by atoms with Crippen molar-refractivity contribution < 1.29 is 19.4 Å². The molecule has 1 heterocycles. The number of hydrogen-bond donors (Lipinski definition) is 1. The predicted molar refractivity (Wildman–Crippen MR) is 82.0 cm³/mol. The van der Waals surface area contributed by atoms with E-state index in [0.717, 1.165) is 24.3 Å². The second-order valence-corrected chi connectivity index (χ2v) is 6.24. The largest absolute Gasteiger partial charge is 0.487 e. The number of nitrogens with zero attached hydrogens (tertiary/aromatic N) is 1. The highest BCUT2D eigenvalue weighted by Crippen LogP contribution is 2.37. The zero-order chi connectivity index (χ0) is 15.7. The van der Waals surface area contributed by atoms with E-state index in [0.29, 0.717) is 19.4 Å². The topological polar surface area (TPSA) is 66.8 Å². The molecule has 0 bridgehead atoms.